The average molecular weight is 458 g/mol. The summed E-state index contributed by atoms with van der Waals surface area (Å²) in [7, 11) is -4.15. The van der Waals surface area contributed by atoms with Gasteiger partial charge in [-0.2, -0.15) is 18.2 Å². The molecule has 3 aromatic rings. The summed E-state index contributed by atoms with van der Waals surface area (Å²) < 4.78 is 29.2. The summed E-state index contributed by atoms with van der Waals surface area (Å²) in [4.78, 5) is 22.9. The number of benzene rings is 1. The van der Waals surface area contributed by atoms with E-state index in [1.165, 1.54) is 6.07 Å². The summed E-state index contributed by atoms with van der Waals surface area (Å²) in [6, 6.07) is 6.34. The molecule has 12 heteroatoms. The molecular formula is C14H10BrClN6O3S. The largest absolute Gasteiger partial charge is 0.297 e. The van der Waals surface area contributed by atoms with E-state index in [0.717, 1.165) is 11.0 Å². The van der Waals surface area contributed by atoms with Gasteiger partial charge in [-0.1, -0.05) is 17.7 Å². The zero-order valence-electron chi connectivity index (χ0n) is 13.1. The standard InChI is InChI=1S/C14H10BrClN6O3S/c1-8-5-11(13-17-6-18-22(13)7-23)20-14(19-8)26(24,25)21-12-9(15)3-2-4-10(12)16/h2-7,21H,1H3. The van der Waals surface area contributed by atoms with Crippen LogP contribution in [0.25, 0.3) is 11.5 Å². The zero-order chi connectivity index (χ0) is 18.9. The van der Waals surface area contributed by atoms with Gasteiger partial charge in [-0.15, -0.1) is 0 Å². The van der Waals surface area contributed by atoms with Crippen molar-refractivity contribution in [2.75, 3.05) is 4.72 Å². The second-order valence-corrected chi connectivity index (χ2v) is 7.85. The lowest BCUT2D eigenvalue weighted by Gasteiger charge is -2.11. The fraction of sp³-hybridized carbons (Fsp3) is 0.0714. The Kier molecular flexibility index (Phi) is 5.03. The van der Waals surface area contributed by atoms with Crippen LogP contribution in [-0.4, -0.2) is 39.6 Å². The van der Waals surface area contributed by atoms with E-state index in [0.29, 0.717) is 16.6 Å². The maximum Gasteiger partial charge on any atom is 0.297 e. The maximum absolute atomic E-state index is 12.7. The van der Waals surface area contributed by atoms with Gasteiger partial charge in [-0.25, -0.2) is 15.0 Å². The second kappa shape index (κ2) is 7.09. The van der Waals surface area contributed by atoms with E-state index < -0.39 is 15.2 Å². The van der Waals surface area contributed by atoms with E-state index in [1.807, 2.05) is 0 Å². The summed E-state index contributed by atoms with van der Waals surface area (Å²) in [6.45, 7) is 1.59. The van der Waals surface area contributed by atoms with Crippen LogP contribution in [0, 0.1) is 6.92 Å². The summed E-state index contributed by atoms with van der Waals surface area (Å²) >= 11 is 9.29. The predicted octanol–water partition coefficient (Wildman–Crippen LogP) is 2.30. The summed E-state index contributed by atoms with van der Waals surface area (Å²) in [6.07, 6.45) is 1.60. The zero-order valence-corrected chi connectivity index (χ0v) is 16.2. The molecule has 0 bridgehead atoms. The third-order valence-electron chi connectivity index (χ3n) is 3.18. The summed E-state index contributed by atoms with van der Waals surface area (Å²) in [5, 5.41) is 3.43. The fourth-order valence-electron chi connectivity index (χ4n) is 2.06. The molecule has 0 aliphatic rings. The number of nitrogens with zero attached hydrogens (tertiary/aromatic N) is 5. The molecule has 0 aliphatic heterocycles. The van der Waals surface area contributed by atoms with Gasteiger partial charge in [-0.3, -0.25) is 9.52 Å². The van der Waals surface area contributed by atoms with Crippen LogP contribution < -0.4 is 4.72 Å². The highest BCUT2D eigenvalue weighted by molar-refractivity contribution is 9.10. The molecule has 0 saturated heterocycles. The van der Waals surface area contributed by atoms with E-state index >= 15 is 0 Å². The van der Waals surface area contributed by atoms with E-state index in [4.69, 9.17) is 11.6 Å². The molecule has 0 aliphatic carbocycles. The number of carbonyl (C=O) groups excluding carboxylic acids is 1. The fourth-order valence-corrected chi connectivity index (χ4v) is 4.11. The van der Waals surface area contributed by atoms with Crippen molar-refractivity contribution in [3.8, 4) is 11.5 Å². The molecule has 26 heavy (non-hydrogen) atoms. The van der Waals surface area contributed by atoms with Crippen molar-refractivity contribution in [2.45, 2.75) is 12.1 Å². The highest BCUT2D eigenvalue weighted by Crippen LogP contribution is 2.31. The predicted molar refractivity (Wildman–Crippen MR) is 97.9 cm³/mol. The maximum atomic E-state index is 12.7. The van der Waals surface area contributed by atoms with Crippen molar-refractivity contribution < 1.29 is 13.2 Å². The number of anilines is 1. The Morgan fingerprint density at radius 1 is 1.31 bits per heavy atom. The first kappa shape index (κ1) is 18.4. The smallest absolute Gasteiger partial charge is 0.276 e. The van der Waals surface area contributed by atoms with Crippen molar-refractivity contribution in [1.82, 2.24) is 24.7 Å². The molecule has 0 atom stereocenters. The molecule has 0 amide bonds. The van der Waals surface area contributed by atoms with Crippen LogP contribution in [0.2, 0.25) is 5.02 Å². The van der Waals surface area contributed by atoms with Gasteiger partial charge in [0.25, 0.3) is 15.2 Å². The molecule has 0 radical (unpaired) electrons. The average Bonchev–Trinajstić information content (AvgIpc) is 3.06. The molecular weight excluding hydrogens is 448 g/mol. The number of sulfonamides is 1. The Morgan fingerprint density at radius 2 is 2.08 bits per heavy atom. The van der Waals surface area contributed by atoms with E-state index in [-0.39, 0.29) is 22.2 Å². The van der Waals surface area contributed by atoms with Gasteiger partial charge in [0, 0.05) is 10.2 Å². The van der Waals surface area contributed by atoms with Gasteiger partial charge >= 0.3 is 0 Å². The van der Waals surface area contributed by atoms with Gasteiger partial charge in [0.1, 0.15) is 12.0 Å². The highest BCUT2D eigenvalue weighted by Gasteiger charge is 2.23. The molecule has 0 saturated carbocycles. The van der Waals surface area contributed by atoms with Crippen molar-refractivity contribution in [3.05, 3.63) is 45.8 Å². The number of hydrogen-bond donors (Lipinski definition) is 1. The Labute approximate surface area is 161 Å². The number of para-hydroxylation sites is 1. The molecule has 0 fully saturated rings. The molecule has 2 aromatic heterocycles. The van der Waals surface area contributed by atoms with Crippen LogP contribution in [0.5, 0.6) is 0 Å². The van der Waals surface area contributed by atoms with Crippen molar-refractivity contribution in [3.63, 3.8) is 0 Å². The van der Waals surface area contributed by atoms with Crippen molar-refractivity contribution in [1.29, 1.82) is 0 Å². The Morgan fingerprint density at radius 3 is 2.77 bits per heavy atom. The minimum absolute atomic E-state index is 0.0980. The van der Waals surface area contributed by atoms with Gasteiger partial charge in [0.15, 0.2) is 5.82 Å². The highest BCUT2D eigenvalue weighted by atomic mass is 79.9. The van der Waals surface area contributed by atoms with Crippen molar-refractivity contribution in [2.24, 2.45) is 0 Å². The number of aromatic nitrogens is 5. The monoisotopic (exact) mass is 456 g/mol. The van der Waals surface area contributed by atoms with Gasteiger partial charge in [0.05, 0.1) is 10.7 Å². The summed E-state index contributed by atoms with van der Waals surface area (Å²) in [5.74, 6) is 0.0980. The Balaban J connectivity index is 2.07. The number of rotatable bonds is 5. The van der Waals surface area contributed by atoms with Crippen LogP contribution >= 0.6 is 27.5 Å². The third-order valence-corrected chi connectivity index (χ3v) is 5.29. The van der Waals surface area contributed by atoms with Crippen molar-refractivity contribution >= 4 is 49.7 Å². The number of carbonyl (C=O) groups is 1. The Hall–Kier alpha value is -2.37. The minimum atomic E-state index is -4.15. The second-order valence-electron chi connectivity index (χ2n) is 5.01. The first-order valence-corrected chi connectivity index (χ1v) is 9.65. The first-order chi connectivity index (χ1) is 12.3. The molecule has 9 nitrogen and oxygen atoms in total. The molecule has 0 spiro atoms. The van der Waals surface area contributed by atoms with Gasteiger partial charge < -0.3 is 0 Å². The van der Waals surface area contributed by atoms with Crippen LogP contribution in [0.3, 0.4) is 0 Å². The van der Waals surface area contributed by atoms with E-state index in [2.05, 4.69) is 40.7 Å². The Bertz CT molecular complexity index is 1080. The lowest BCUT2D eigenvalue weighted by atomic mass is 10.3. The lowest BCUT2D eigenvalue weighted by molar-refractivity contribution is 0.541. The number of nitrogens with one attached hydrogen (secondary N) is 1. The van der Waals surface area contributed by atoms with Crippen LogP contribution in [0.15, 0.2) is 40.2 Å². The topological polar surface area (TPSA) is 120 Å². The minimum Gasteiger partial charge on any atom is -0.276 e. The quantitative estimate of drug-likeness (QED) is 0.461. The number of aryl methyl sites for hydroxylation is 1. The molecule has 3 rings (SSSR count). The normalized spacial score (nSPS) is 11.3. The SMILES string of the molecule is Cc1cc(-c2ncnn2C=O)nc(S(=O)(=O)Nc2c(Cl)cccc2Br)n1. The molecule has 1 aromatic carbocycles. The molecule has 2 heterocycles. The molecule has 134 valence electrons. The van der Waals surface area contributed by atoms with Crippen LogP contribution in [0.1, 0.15) is 5.69 Å². The third kappa shape index (κ3) is 3.59. The van der Waals surface area contributed by atoms with Crippen LogP contribution in [0.4, 0.5) is 5.69 Å². The molecule has 0 unspecified atom stereocenters. The summed E-state index contributed by atoms with van der Waals surface area (Å²) in [5.41, 5.74) is 0.673. The first-order valence-electron chi connectivity index (χ1n) is 6.99. The lowest BCUT2D eigenvalue weighted by Crippen LogP contribution is -2.18. The number of halogens is 2. The van der Waals surface area contributed by atoms with Gasteiger partial charge in [-0.05, 0) is 41.1 Å². The number of hydrogen-bond acceptors (Lipinski definition) is 7. The van der Waals surface area contributed by atoms with Gasteiger partial charge in [0.2, 0.25) is 6.41 Å². The van der Waals surface area contributed by atoms with E-state index in [9.17, 15) is 13.2 Å². The molecule has 1 N–H and O–H groups in total. The van der Waals surface area contributed by atoms with E-state index in [1.54, 1.807) is 25.1 Å². The van der Waals surface area contributed by atoms with Crippen LogP contribution in [-0.2, 0) is 14.8 Å².